The fraction of sp³-hybridized carbons (Fsp3) is 0.536. The number of hydrogen-bond acceptors (Lipinski definition) is 8. The maximum Gasteiger partial charge on any atom is 0.177 e. The highest BCUT2D eigenvalue weighted by Crippen LogP contribution is 2.37. The number of imidazole rings is 1. The first-order valence-electron chi connectivity index (χ1n) is 13.5. The van der Waals surface area contributed by atoms with Crippen LogP contribution in [0.25, 0.3) is 11.2 Å². The molecular formula is C28H34N4O5S. The van der Waals surface area contributed by atoms with E-state index in [1.165, 1.54) is 6.26 Å². The van der Waals surface area contributed by atoms with Crippen LogP contribution >= 0.6 is 0 Å². The molecule has 2 aliphatic heterocycles. The van der Waals surface area contributed by atoms with Crippen molar-refractivity contribution in [2.24, 2.45) is 5.92 Å². The van der Waals surface area contributed by atoms with Gasteiger partial charge in [-0.15, -0.1) is 0 Å². The molecular weight excluding hydrogens is 504 g/mol. The van der Waals surface area contributed by atoms with Gasteiger partial charge in [-0.3, -0.25) is 9.36 Å². The van der Waals surface area contributed by atoms with Crippen molar-refractivity contribution in [2.45, 2.75) is 68.9 Å². The van der Waals surface area contributed by atoms with Gasteiger partial charge in [0.15, 0.2) is 15.5 Å². The Labute approximate surface area is 222 Å². The summed E-state index contributed by atoms with van der Waals surface area (Å²) in [6.45, 7) is 3.89. The zero-order chi connectivity index (χ0) is 26.4. The van der Waals surface area contributed by atoms with Crippen LogP contribution in [0.2, 0.25) is 0 Å². The van der Waals surface area contributed by atoms with Crippen molar-refractivity contribution in [1.82, 2.24) is 14.5 Å². The Balaban J connectivity index is 1.44. The second kappa shape index (κ2) is 10.1. The van der Waals surface area contributed by atoms with Crippen molar-refractivity contribution in [1.29, 1.82) is 0 Å². The molecule has 202 valence electrons. The highest BCUT2D eigenvalue weighted by molar-refractivity contribution is 7.90. The number of sulfone groups is 1. The molecule has 2 aromatic heterocycles. The first-order chi connectivity index (χ1) is 18.3. The molecule has 3 aliphatic rings. The van der Waals surface area contributed by atoms with Crippen LogP contribution in [0.4, 0.5) is 11.4 Å². The van der Waals surface area contributed by atoms with Crippen LogP contribution in [0.1, 0.15) is 67.8 Å². The Bertz CT molecular complexity index is 1480. The lowest BCUT2D eigenvalue weighted by molar-refractivity contribution is -0.119. The van der Waals surface area contributed by atoms with E-state index >= 15 is 0 Å². The quantitative estimate of drug-likeness (QED) is 0.442. The van der Waals surface area contributed by atoms with Crippen LogP contribution in [-0.4, -0.2) is 54.8 Å². The number of aromatic nitrogens is 3. The zero-order valence-electron chi connectivity index (χ0n) is 21.9. The number of fused-ring (bicyclic) bond motifs is 1. The molecule has 0 spiro atoms. The fourth-order valence-electron chi connectivity index (χ4n) is 5.56. The number of benzene rings is 1. The number of Topliss-reactive ketones (excluding diaryl/α,β-unsaturated/α-hetero) is 1. The Morgan fingerprint density at radius 3 is 2.61 bits per heavy atom. The topological polar surface area (TPSA) is 112 Å². The average Bonchev–Trinajstić information content (AvgIpc) is 3.49. The molecule has 10 heteroatoms. The van der Waals surface area contributed by atoms with Gasteiger partial charge >= 0.3 is 0 Å². The van der Waals surface area contributed by atoms with Gasteiger partial charge in [0, 0.05) is 37.7 Å². The third kappa shape index (κ3) is 5.09. The SMILES string of the molecule is Cc1nc2c(Nc3ccc(C4CCOC4)cc3S(C)(=O)=O)cc(CC(=O)C3CC3)nc2n1C1CCCCO1. The van der Waals surface area contributed by atoms with E-state index in [0.717, 1.165) is 49.9 Å². The maximum atomic E-state index is 12.9. The van der Waals surface area contributed by atoms with E-state index in [1.54, 1.807) is 6.07 Å². The summed E-state index contributed by atoms with van der Waals surface area (Å²) in [6, 6.07) is 7.38. The van der Waals surface area contributed by atoms with Gasteiger partial charge in [0.2, 0.25) is 0 Å². The second-order valence-corrected chi connectivity index (χ2v) is 12.8. The van der Waals surface area contributed by atoms with Gasteiger partial charge in [0.05, 0.1) is 28.6 Å². The molecule has 1 saturated carbocycles. The molecule has 0 bridgehead atoms. The second-order valence-electron chi connectivity index (χ2n) is 10.8. The standard InChI is InChI=1S/C28H34N4O5S/c1-17-29-27-23(31-22-9-8-19(20-10-12-36-16-20)13-25(22)38(2,34)35)14-21(15-24(33)18-6-7-18)30-28(27)32(17)26-5-3-4-11-37-26/h8-9,13-14,18,20,26H,3-7,10-12,15-16H2,1-2H3,(H,30,31). The number of ketones is 1. The van der Waals surface area contributed by atoms with Gasteiger partial charge in [0.1, 0.15) is 23.4 Å². The first kappa shape index (κ1) is 25.5. The molecule has 0 amide bonds. The first-order valence-corrected chi connectivity index (χ1v) is 15.4. The number of anilines is 2. The van der Waals surface area contributed by atoms with Crippen molar-refractivity contribution in [3.8, 4) is 0 Å². The van der Waals surface area contributed by atoms with Crippen molar-refractivity contribution >= 4 is 38.2 Å². The Morgan fingerprint density at radius 1 is 1.08 bits per heavy atom. The lowest BCUT2D eigenvalue weighted by Crippen LogP contribution is -2.19. The summed E-state index contributed by atoms with van der Waals surface area (Å²) in [5.74, 6) is 1.28. The number of pyridine rings is 1. The van der Waals surface area contributed by atoms with Gasteiger partial charge in [-0.05, 0) is 69.2 Å². The smallest absolute Gasteiger partial charge is 0.177 e. The lowest BCUT2D eigenvalue weighted by atomic mass is 9.98. The summed E-state index contributed by atoms with van der Waals surface area (Å²) < 4.78 is 39.3. The molecule has 2 unspecified atom stereocenters. The molecule has 6 rings (SSSR count). The molecule has 9 nitrogen and oxygen atoms in total. The van der Waals surface area contributed by atoms with Crippen LogP contribution in [-0.2, 0) is 30.5 Å². The maximum absolute atomic E-state index is 12.9. The summed E-state index contributed by atoms with van der Waals surface area (Å²) >= 11 is 0. The van der Waals surface area contributed by atoms with E-state index in [1.807, 2.05) is 29.7 Å². The van der Waals surface area contributed by atoms with Gasteiger partial charge < -0.3 is 14.8 Å². The Morgan fingerprint density at radius 2 is 1.92 bits per heavy atom. The Hall–Kier alpha value is -2.82. The third-order valence-electron chi connectivity index (χ3n) is 7.79. The number of ether oxygens (including phenoxy) is 2. The van der Waals surface area contributed by atoms with E-state index in [0.29, 0.717) is 48.1 Å². The molecule has 3 fully saturated rings. The minimum atomic E-state index is -3.53. The summed E-state index contributed by atoms with van der Waals surface area (Å²) in [7, 11) is -3.53. The molecule has 0 radical (unpaired) electrons. The number of carbonyl (C=O) groups is 1. The highest BCUT2D eigenvalue weighted by Gasteiger charge is 2.31. The third-order valence-corrected chi connectivity index (χ3v) is 8.92. The molecule has 2 saturated heterocycles. The Kier molecular flexibility index (Phi) is 6.74. The van der Waals surface area contributed by atoms with Crippen LogP contribution in [0.3, 0.4) is 0 Å². The average molecular weight is 539 g/mol. The van der Waals surface area contributed by atoms with Crippen molar-refractivity contribution in [2.75, 3.05) is 31.4 Å². The minimum absolute atomic E-state index is 0.126. The number of carbonyl (C=O) groups excluding carboxylic acids is 1. The van der Waals surface area contributed by atoms with Crippen molar-refractivity contribution in [3.63, 3.8) is 0 Å². The summed E-state index contributed by atoms with van der Waals surface area (Å²) in [5.41, 5.74) is 4.00. The zero-order valence-corrected chi connectivity index (χ0v) is 22.7. The molecule has 1 aliphatic carbocycles. The minimum Gasteiger partial charge on any atom is -0.381 e. The van der Waals surface area contributed by atoms with Crippen LogP contribution in [0.15, 0.2) is 29.2 Å². The van der Waals surface area contributed by atoms with E-state index in [9.17, 15) is 13.2 Å². The van der Waals surface area contributed by atoms with E-state index in [-0.39, 0.29) is 35.2 Å². The predicted molar refractivity (Wildman–Crippen MR) is 144 cm³/mol. The predicted octanol–water partition coefficient (Wildman–Crippen LogP) is 4.61. The number of hydrogen-bond donors (Lipinski definition) is 1. The summed E-state index contributed by atoms with van der Waals surface area (Å²) in [4.78, 5) is 22.7. The van der Waals surface area contributed by atoms with Crippen LogP contribution in [0.5, 0.6) is 0 Å². The van der Waals surface area contributed by atoms with Gasteiger partial charge in [-0.25, -0.2) is 18.4 Å². The monoisotopic (exact) mass is 538 g/mol. The fourth-order valence-corrected chi connectivity index (χ4v) is 6.42. The number of aryl methyl sites for hydroxylation is 1. The van der Waals surface area contributed by atoms with Crippen LogP contribution in [0, 0.1) is 12.8 Å². The summed E-state index contributed by atoms with van der Waals surface area (Å²) in [6.07, 6.45) is 7.01. The molecule has 1 aromatic carbocycles. The largest absolute Gasteiger partial charge is 0.381 e. The van der Waals surface area contributed by atoms with Gasteiger partial charge in [-0.2, -0.15) is 0 Å². The van der Waals surface area contributed by atoms with Crippen LogP contribution < -0.4 is 5.32 Å². The molecule has 3 aromatic rings. The van der Waals surface area contributed by atoms with E-state index in [2.05, 4.69) is 5.32 Å². The highest BCUT2D eigenvalue weighted by atomic mass is 32.2. The number of rotatable bonds is 8. The van der Waals surface area contributed by atoms with E-state index < -0.39 is 9.84 Å². The number of nitrogens with zero attached hydrogens (tertiary/aromatic N) is 3. The van der Waals surface area contributed by atoms with E-state index in [4.69, 9.17) is 19.4 Å². The summed E-state index contributed by atoms with van der Waals surface area (Å²) in [5, 5.41) is 3.36. The molecule has 4 heterocycles. The molecule has 38 heavy (non-hydrogen) atoms. The normalized spacial score (nSPS) is 22.2. The molecule has 1 N–H and O–H groups in total. The van der Waals surface area contributed by atoms with Gasteiger partial charge in [0.25, 0.3) is 0 Å². The lowest BCUT2D eigenvalue weighted by Gasteiger charge is -2.25. The van der Waals surface area contributed by atoms with Crippen molar-refractivity contribution in [3.05, 3.63) is 41.3 Å². The van der Waals surface area contributed by atoms with Gasteiger partial charge in [-0.1, -0.05) is 6.07 Å². The number of nitrogens with one attached hydrogen (secondary N) is 1. The van der Waals surface area contributed by atoms with Crippen molar-refractivity contribution < 1.29 is 22.7 Å². The molecule has 2 atom stereocenters.